The lowest BCUT2D eigenvalue weighted by atomic mass is 9.85. The van der Waals surface area contributed by atoms with E-state index in [1.165, 1.54) is 6.42 Å². The van der Waals surface area contributed by atoms with Crippen LogP contribution in [0.25, 0.3) is 0 Å². The van der Waals surface area contributed by atoms with E-state index in [9.17, 15) is 4.79 Å². The van der Waals surface area contributed by atoms with E-state index in [1.807, 2.05) is 0 Å². The van der Waals surface area contributed by atoms with Crippen LogP contribution in [0.3, 0.4) is 0 Å². The third-order valence-electron chi connectivity index (χ3n) is 2.87. The van der Waals surface area contributed by atoms with E-state index in [-0.39, 0.29) is 11.5 Å². The standard InChI is InChI=1S/C8H12O2/c9-6-8-3-1-2-7(8)10-5-4-8/h6-7H,1-5H2. The molecule has 2 aliphatic rings. The molecule has 2 rings (SSSR count). The van der Waals surface area contributed by atoms with E-state index in [2.05, 4.69) is 0 Å². The maximum Gasteiger partial charge on any atom is 0.128 e. The van der Waals surface area contributed by atoms with E-state index < -0.39 is 0 Å². The Balaban J connectivity index is 2.23. The second-order valence-electron chi connectivity index (χ2n) is 3.35. The topological polar surface area (TPSA) is 26.3 Å². The van der Waals surface area contributed by atoms with Gasteiger partial charge in [0.05, 0.1) is 11.5 Å². The van der Waals surface area contributed by atoms with Gasteiger partial charge in [-0.05, 0) is 25.7 Å². The lowest BCUT2D eigenvalue weighted by molar-refractivity contribution is -0.117. The molecule has 0 aromatic carbocycles. The molecule has 1 saturated carbocycles. The third kappa shape index (κ3) is 0.655. The number of hydrogen-bond acceptors (Lipinski definition) is 2. The van der Waals surface area contributed by atoms with Gasteiger partial charge in [-0.1, -0.05) is 0 Å². The van der Waals surface area contributed by atoms with Crippen LogP contribution in [0.5, 0.6) is 0 Å². The molecule has 1 saturated heterocycles. The van der Waals surface area contributed by atoms with Crippen LogP contribution >= 0.6 is 0 Å². The molecule has 1 aliphatic carbocycles. The van der Waals surface area contributed by atoms with Crippen molar-refractivity contribution in [2.45, 2.75) is 31.8 Å². The molecule has 2 fully saturated rings. The summed E-state index contributed by atoms with van der Waals surface area (Å²) in [6.45, 7) is 0.795. The number of rotatable bonds is 1. The third-order valence-corrected chi connectivity index (χ3v) is 2.87. The fraction of sp³-hybridized carbons (Fsp3) is 0.875. The molecule has 2 atom stereocenters. The lowest BCUT2D eigenvalue weighted by Crippen LogP contribution is -2.26. The largest absolute Gasteiger partial charge is 0.377 e. The molecular formula is C8H12O2. The van der Waals surface area contributed by atoms with Crippen LogP contribution < -0.4 is 0 Å². The Bertz CT molecular complexity index is 143. The first kappa shape index (κ1) is 6.35. The first-order valence-corrected chi connectivity index (χ1v) is 3.95. The summed E-state index contributed by atoms with van der Waals surface area (Å²) in [5.41, 5.74) is -0.0556. The molecule has 0 N–H and O–H groups in total. The summed E-state index contributed by atoms with van der Waals surface area (Å²) in [6, 6.07) is 0. The predicted octanol–water partition coefficient (Wildman–Crippen LogP) is 1.14. The van der Waals surface area contributed by atoms with Crippen LogP contribution in [0.1, 0.15) is 25.7 Å². The highest BCUT2D eigenvalue weighted by molar-refractivity contribution is 5.61. The molecule has 1 heterocycles. The molecular weight excluding hydrogens is 128 g/mol. The summed E-state index contributed by atoms with van der Waals surface area (Å²) in [6.07, 6.45) is 5.67. The molecule has 1 aliphatic heterocycles. The minimum atomic E-state index is -0.0556. The van der Waals surface area contributed by atoms with Crippen LogP contribution in [-0.4, -0.2) is 19.0 Å². The normalized spacial score (nSPS) is 45.4. The zero-order valence-electron chi connectivity index (χ0n) is 6.01. The van der Waals surface area contributed by atoms with E-state index >= 15 is 0 Å². The molecule has 0 spiro atoms. The first-order valence-electron chi connectivity index (χ1n) is 3.95. The molecule has 0 bridgehead atoms. The Morgan fingerprint density at radius 2 is 2.40 bits per heavy atom. The zero-order valence-corrected chi connectivity index (χ0v) is 6.01. The van der Waals surface area contributed by atoms with Gasteiger partial charge in [-0.15, -0.1) is 0 Å². The molecule has 0 radical (unpaired) electrons. The van der Waals surface area contributed by atoms with E-state index in [4.69, 9.17) is 4.74 Å². The number of fused-ring (bicyclic) bond motifs is 1. The van der Waals surface area contributed by atoms with Crippen molar-refractivity contribution < 1.29 is 9.53 Å². The van der Waals surface area contributed by atoms with Gasteiger partial charge in [0.15, 0.2) is 0 Å². The smallest absolute Gasteiger partial charge is 0.128 e. The minimum absolute atomic E-state index is 0.0556. The summed E-state index contributed by atoms with van der Waals surface area (Å²) in [7, 11) is 0. The Labute approximate surface area is 60.6 Å². The van der Waals surface area contributed by atoms with Crippen molar-refractivity contribution in [1.29, 1.82) is 0 Å². The van der Waals surface area contributed by atoms with Crippen molar-refractivity contribution in [3.05, 3.63) is 0 Å². The van der Waals surface area contributed by atoms with E-state index in [0.29, 0.717) is 0 Å². The minimum Gasteiger partial charge on any atom is -0.377 e. The number of ether oxygens (including phenoxy) is 1. The Morgan fingerprint density at radius 1 is 1.50 bits per heavy atom. The van der Waals surface area contributed by atoms with E-state index in [0.717, 1.165) is 32.2 Å². The summed E-state index contributed by atoms with van der Waals surface area (Å²) >= 11 is 0. The van der Waals surface area contributed by atoms with Crippen molar-refractivity contribution in [1.82, 2.24) is 0 Å². The molecule has 2 unspecified atom stereocenters. The van der Waals surface area contributed by atoms with Crippen molar-refractivity contribution in [3.8, 4) is 0 Å². The SMILES string of the molecule is O=CC12CCCC1OCC2. The van der Waals surface area contributed by atoms with Crippen LogP contribution in [0.15, 0.2) is 0 Å². The van der Waals surface area contributed by atoms with Gasteiger partial charge in [0, 0.05) is 6.61 Å². The van der Waals surface area contributed by atoms with Crippen LogP contribution in [0.2, 0.25) is 0 Å². The quantitative estimate of drug-likeness (QED) is 0.510. The Hall–Kier alpha value is -0.370. The van der Waals surface area contributed by atoms with Gasteiger partial charge >= 0.3 is 0 Å². The van der Waals surface area contributed by atoms with Gasteiger partial charge in [0.25, 0.3) is 0 Å². The highest BCUT2D eigenvalue weighted by atomic mass is 16.5. The predicted molar refractivity (Wildman–Crippen MR) is 36.7 cm³/mol. The summed E-state index contributed by atoms with van der Waals surface area (Å²) < 4.78 is 5.44. The van der Waals surface area contributed by atoms with Crippen LogP contribution in [0.4, 0.5) is 0 Å². The van der Waals surface area contributed by atoms with Gasteiger partial charge in [-0.25, -0.2) is 0 Å². The fourth-order valence-corrected chi connectivity index (χ4v) is 2.19. The molecule has 0 aromatic heterocycles. The number of aldehydes is 1. The highest BCUT2D eigenvalue weighted by Gasteiger charge is 2.47. The number of hydrogen-bond donors (Lipinski definition) is 0. The summed E-state index contributed by atoms with van der Waals surface area (Å²) in [5.74, 6) is 0. The van der Waals surface area contributed by atoms with Gasteiger partial charge in [-0.3, -0.25) is 0 Å². The lowest BCUT2D eigenvalue weighted by Gasteiger charge is -2.18. The number of carbonyl (C=O) groups excluding carboxylic acids is 1. The monoisotopic (exact) mass is 140 g/mol. The second-order valence-corrected chi connectivity index (χ2v) is 3.35. The highest BCUT2D eigenvalue weighted by Crippen LogP contribution is 2.45. The van der Waals surface area contributed by atoms with E-state index in [1.54, 1.807) is 0 Å². The van der Waals surface area contributed by atoms with Crippen LogP contribution in [-0.2, 0) is 9.53 Å². The van der Waals surface area contributed by atoms with Crippen molar-refractivity contribution in [2.75, 3.05) is 6.61 Å². The average molecular weight is 140 g/mol. The molecule has 0 amide bonds. The van der Waals surface area contributed by atoms with Gasteiger partial charge in [-0.2, -0.15) is 0 Å². The maximum absolute atomic E-state index is 10.7. The average Bonchev–Trinajstić information content (AvgIpc) is 2.42. The molecule has 0 aromatic rings. The fourth-order valence-electron chi connectivity index (χ4n) is 2.19. The maximum atomic E-state index is 10.7. The molecule has 2 nitrogen and oxygen atoms in total. The summed E-state index contributed by atoms with van der Waals surface area (Å²) in [4.78, 5) is 10.7. The van der Waals surface area contributed by atoms with Crippen molar-refractivity contribution >= 4 is 6.29 Å². The van der Waals surface area contributed by atoms with Crippen molar-refractivity contribution in [3.63, 3.8) is 0 Å². The van der Waals surface area contributed by atoms with Gasteiger partial charge in [0.1, 0.15) is 6.29 Å². The first-order chi connectivity index (χ1) is 4.87. The number of carbonyl (C=O) groups is 1. The molecule has 2 heteroatoms. The molecule has 10 heavy (non-hydrogen) atoms. The second kappa shape index (κ2) is 2.06. The van der Waals surface area contributed by atoms with Crippen molar-refractivity contribution in [2.24, 2.45) is 5.41 Å². The van der Waals surface area contributed by atoms with Crippen LogP contribution in [0, 0.1) is 5.41 Å². The zero-order chi connectivity index (χ0) is 7.03. The Kier molecular flexibility index (Phi) is 1.31. The Morgan fingerprint density at radius 3 is 3.10 bits per heavy atom. The van der Waals surface area contributed by atoms with Gasteiger partial charge < -0.3 is 9.53 Å². The molecule has 56 valence electrons. The summed E-state index contributed by atoms with van der Waals surface area (Å²) in [5, 5.41) is 0. The van der Waals surface area contributed by atoms with Gasteiger partial charge in [0.2, 0.25) is 0 Å².